The van der Waals surface area contributed by atoms with Crippen LogP contribution < -0.4 is 5.32 Å². The Morgan fingerprint density at radius 3 is 2.42 bits per heavy atom. The lowest BCUT2D eigenvalue weighted by Gasteiger charge is -2.08. The van der Waals surface area contributed by atoms with E-state index in [2.05, 4.69) is 25.2 Å². The van der Waals surface area contributed by atoms with Crippen LogP contribution in [0, 0.1) is 19.8 Å². The minimum absolute atomic E-state index is 0.00402. The largest absolute Gasteiger partial charge is 0.381 e. The Labute approximate surface area is 116 Å². The quantitative estimate of drug-likeness (QED) is 0.768. The zero-order chi connectivity index (χ0) is 14.3. The second-order valence-electron chi connectivity index (χ2n) is 5.45. The molecule has 0 fully saturated rings. The molecule has 3 heteroatoms. The molecular formula is C16H25NO2. The van der Waals surface area contributed by atoms with E-state index >= 15 is 0 Å². The summed E-state index contributed by atoms with van der Waals surface area (Å²) in [5, 5.41) is 2.92. The van der Waals surface area contributed by atoms with Gasteiger partial charge < -0.3 is 10.1 Å². The van der Waals surface area contributed by atoms with Crippen molar-refractivity contribution in [3.63, 3.8) is 0 Å². The number of rotatable bonds is 7. The predicted molar refractivity (Wildman–Crippen MR) is 78.5 cm³/mol. The van der Waals surface area contributed by atoms with Gasteiger partial charge in [0, 0.05) is 25.3 Å². The lowest BCUT2D eigenvalue weighted by Crippen LogP contribution is -2.25. The number of carbonyl (C=O) groups excluding carboxylic acids is 1. The van der Waals surface area contributed by atoms with E-state index < -0.39 is 0 Å². The Morgan fingerprint density at radius 1 is 1.21 bits per heavy atom. The number of hydrogen-bond acceptors (Lipinski definition) is 2. The minimum Gasteiger partial charge on any atom is -0.381 e. The summed E-state index contributed by atoms with van der Waals surface area (Å²) in [5.41, 5.74) is 2.97. The molecule has 0 unspecified atom stereocenters. The van der Waals surface area contributed by atoms with Gasteiger partial charge in [-0.1, -0.05) is 31.0 Å². The highest BCUT2D eigenvalue weighted by Gasteiger charge is 2.05. The lowest BCUT2D eigenvalue weighted by molar-refractivity contribution is 0.0925. The van der Waals surface area contributed by atoms with Crippen molar-refractivity contribution in [2.75, 3.05) is 19.8 Å². The van der Waals surface area contributed by atoms with E-state index in [4.69, 9.17) is 4.74 Å². The second kappa shape index (κ2) is 7.95. The number of carbonyl (C=O) groups is 1. The summed E-state index contributed by atoms with van der Waals surface area (Å²) in [6, 6.07) is 5.89. The fraction of sp³-hybridized carbons (Fsp3) is 0.562. The van der Waals surface area contributed by atoms with Gasteiger partial charge in [0.15, 0.2) is 0 Å². The molecule has 0 heterocycles. The number of amides is 1. The first-order valence-electron chi connectivity index (χ1n) is 6.93. The van der Waals surface area contributed by atoms with Gasteiger partial charge >= 0.3 is 0 Å². The molecule has 1 aromatic carbocycles. The number of benzene rings is 1. The maximum atomic E-state index is 11.9. The third-order valence-corrected chi connectivity index (χ3v) is 2.69. The molecule has 0 aliphatic rings. The molecule has 0 saturated heterocycles. The van der Waals surface area contributed by atoms with E-state index in [-0.39, 0.29) is 5.91 Å². The first kappa shape index (κ1) is 15.7. The number of aryl methyl sites for hydroxylation is 2. The summed E-state index contributed by atoms with van der Waals surface area (Å²) in [5.74, 6) is 0.556. The molecular weight excluding hydrogens is 238 g/mol. The SMILES string of the molecule is Cc1cc(C)cc(C(=O)NCCCOCC(C)C)c1. The summed E-state index contributed by atoms with van der Waals surface area (Å²) >= 11 is 0. The van der Waals surface area contributed by atoms with Crippen LogP contribution >= 0.6 is 0 Å². The zero-order valence-electron chi connectivity index (χ0n) is 12.5. The number of nitrogens with one attached hydrogen (secondary N) is 1. The van der Waals surface area contributed by atoms with E-state index in [1.807, 2.05) is 26.0 Å². The summed E-state index contributed by atoms with van der Waals surface area (Å²) in [6.07, 6.45) is 0.850. The molecule has 0 bridgehead atoms. The van der Waals surface area contributed by atoms with Crippen molar-refractivity contribution in [2.24, 2.45) is 5.92 Å². The van der Waals surface area contributed by atoms with E-state index in [0.29, 0.717) is 19.1 Å². The molecule has 0 spiro atoms. The first-order valence-corrected chi connectivity index (χ1v) is 6.93. The van der Waals surface area contributed by atoms with Crippen LogP contribution in [0.3, 0.4) is 0 Å². The van der Waals surface area contributed by atoms with E-state index in [1.54, 1.807) is 0 Å². The smallest absolute Gasteiger partial charge is 0.251 e. The summed E-state index contributed by atoms with van der Waals surface area (Å²) < 4.78 is 5.47. The number of hydrogen-bond donors (Lipinski definition) is 1. The molecule has 1 N–H and O–H groups in total. The second-order valence-corrected chi connectivity index (χ2v) is 5.45. The van der Waals surface area contributed by atoms with E-state index in [9.17, 15) is 4.79 Å². The van der Waals surface area contributed by atoms with Gasteiger partial charge in [0.05, 0.1) is 0 Å². The van der Waals surface area contributed by atoms with Crippen molar-refractivity contribution < 1.29 is 9.53 Å². The van der Waals surface area contributed by atoms with Crippen LogP contribution in [0.2, 0.25) is 0 Å². The highest BCUT2D eigenvalue weighted by molar-refractivity contribution is 5.94. The molecule has 1 aromatic rings. The molecule has 106 valence electrons. The van der Waals surface area contributed by atoms with Gasteiger partial charge in [-0.15, -0.1) is 0 Å². The van der Waals surface area contributed by atoms with Crippen LogP contribution in [0.4, 0.5) is 0 Å². The van der Waals surface area contributed by atoms with Crippen molar-refractivity contribution >= 4 is 5.91 Å². The van der Waals surface area contributed by atoms with Gasteiger partial charge in [-0.05, 0) is 38.3 Å². The molecule has 0 aliphatic heterocycles. The Hall–Kier alpha value is -1.35. The molecule has 19 heavy (non-hydrogen) atoms. The molecule has 0 saturated carbocycles. The fourth-order valence-electron chi connectivity index (χ4n) is 1.90. The van der Waals surface area contributed by atoms with Crippen LogP contribution in [0.15, 0.2) is 18.2 Å². The highest BCUT2D eigenvalue weighted by atomic mass is 16.5. The van der Waals surface area contributed by atoms with Crippen LogP contribution in [-0.2, 0) is 4.74 Å². The molecule has 3 nitrogen and oxygen atoms in total. The standard InChI is InChI=1S/C16H25NO2/c1-12(2)11-19-7-5-6-17-16(18)15-9-13(3)8-14(4)10-15/h8-10,12H,5-7,11H2,1-4H3,(H,17,18). The average molecular weight is 263 g/mol. The predicted octanol–water partition coefficient (Wildman–Crippen LogP) is 3.10. The van der Waals surface area contributed by atoms with Gasteiger partial charge in [-0.25, -0.2) is 0 Å². The van der Waals surface area contributed by atoms with Crippen LogP contribution in [0.25, 0.3) is 0 Å². The van der Waals surface area contributed by atoms with Crippen molar-refractivity contribution in [1.29, 1.82) is 0 Å². The maximum absolute atomic E-state index is 11.9. The molecule has 0 aromatic heterocycles. The molecule has 1 amide bonds. The van der Waals surface area contributed by atoms with E-state index in [1.165, 1.54) is 0 Å². The first-order chi connectivity index (χ1) is 8.99. The summed E-state index contributed by atoms with van der Waals surface area (Å²) in [6.45, 7) is 10.4. The zero-order valence-corrected chi connectivity index (χ0v) is 12.5. The Morgan fingerprint density at radius 2 is 1.84 bits per heavy atom. The van der Waals surface area contributed by atoms with Crippen molar-refractivity contribution in [1.82, 2.24) is 5.32 Å². The monoisotopic (exact) mass is 263 g/mol. The van der Waals surface area contributed by atoms with Gasteiger partial charge in [0.1, 0.15) is 0 Å². The fourth-order valence-corrected chi connectivity index (χ4v) is 1.90. The topological polar surface area (TPSA) is 38.3 Å². The number of ether oxygens (including phenoxy) is 1. The van der Waals surface area contributed by atoms with Crippen molar-refractivity contribution in [3.8, 4) is 0 Å². The third-order valence-electron chi connectivity index (χ3n) is 2.69. The highest BCUT2D eigenvalue weighted by Crippen LogP contribution is 2.08. The molecule has 1 rings (SSSR count). The van der Waals surface area contributed by atoms with Gasteiger partial charge in [-0.2, -0.15) is 0 Å². The maximum Gasteiger partial charge on any atom is 0.251 e. The third kappa shape index (κ3) is 6.39. The van der Waals surface area contributed by atoms with Crippen molar-refractivity contribution in [3.05, 3.63) is 34.9 Å². The Kier molecular flexibility index (Phi) is 6.57. The molecule has 0 atom stereocenters. The summed E-state index contributed by atoms with van der Waals surface area (Å²) in [7, 11) is 0. The normalized spacial score (nSPS) is 10.8. The van der Waals surface area contributed by atoms with Gasteiger partial charge in [0.2, 0.25) is 0 Å². The Balaban J connectivity index is 2.27. The molecule has 0 aliphatic carbocycles. The molecule has 0 radical (unpaired) electrons. The van der Waals surface area contributed by atoms with Crippen molar-refractivity contribution in [2.45, 2.75) is 34.1 Å². The average Bonchev–Trinajstić information content (AvgIpc) is 2.31. The lowest BCUT2D eigenvalue weighted by atomic mass is 10.1. The van der Waals surface area contributed by atoms with Crippen LogP contribution in [-0.4, -0.2) is 25.7 Å². The van der Waals surface area contributed by atoms with Gasteiger partial charge in [0.25, 0.3) is 5.91 Å². The van der Waals surface area contributed by atoms with Crippen LogP contribution in [0.1, 0.15) is 41.8 Å². The van der Waals surface area contributed by atoms with E-state index in [0.717, 1.165) is 29.7 Å². The summed E-state index contributed by atoms with van der Waals surface area (Å²) in [4.78, 5) is 11.9. The van der Waals surface area contributed by atoms with Gasteiger partial charge in [-0.3, -0.25) is 4.79 Å². The van der Waals surface area contributed by atoms with Crippen LogP contribution in [0.5, 0.6) is 0 Å². The Bertz CT molecular complexity index is 393. The minimum atomic E-state index is -0.00402.